The van der Waals surface area contributed by atoms with Crippen molar-refractivity contribution in [2.24, 2.45) is 9.98 Å². The van der Waals surface area contributed by atoms with E-state index in [1.165, 1.54) is 21.9 Å². The summed E-state index contributed by atoms with van der Waals surface area (Å²) >= 11 is 5.82. The first-order valence-corrected chi connectivity index (χ1v) is 9.60. The first-order valence-electron chi connectivity index (χ1n) is 9.07. The van der Waals surface area contributed by atoms with E-state index in [9.17, 15) is 0 Å². The monoisotopic (exact) mass is 382 g/mol. The van der Waals surface area contributed by atoms with E-state index in [2.05, 4.69) is 83.4 Å². The average molecular weight is 383 g/mol. The number of hydrogen-bond donors (Lipinski definition) is 0. The van der Waals surface area contributed by atoms with Crippen LogP contribution < -0.4 is 0 Å². The molecule has 0 heterocycles. The Morgan fingerprint density at radius 1 is 0.857 bits per heavy atom. The van der Waals surface area contributed by atoms with Crippen LogP contribution >= 0.6 is 11.6 Å². The number of hydrogen-bond acceptors (Lipinski definition) is 2. The van der Waals surface area contributed by atoms with E-state index in [1.54, 1.807) is 0 Å². The molecule has 0 atom stereocenters. The van der Waals surface area contributed by atoms with Crippen LogP contribution in [-0.4, -0.2) is 18.4 Å². The van der Waals surface area contributed by atoms with Crippen molar-refractivity contribution in [3.8, 4) is 11.1 Å². The molecule has 3 aromatic rings. The third kappa shape index (κ3) is 3.47. The molecule has 3 aromatic carbocycles. The van der Waals surface area contributed by atoms with Gasteiger partial charge in [0.1, 0.15) is 6.00 Å². The Bertz CT molecular complexity index is 1140. The van der Waals surface area contributed by atoms with Crippen LogP contribution in [-0.2, 0) is 0 Å². The Morgan fingerprint density at radius 2 is 1.61 bits per heavy atom. The first kappa shape index (κ1) is 18.1. The summed E-state index contributed by atoms with van der Waals surface area (Å²) in [4.78, 5) is 8.64. The van der Waals surface area contributed by atoms with Crippen molar-refractivity contribution in [1.29, 1.82) is 0 Å². The molecule has 2 nitrogen and oxygen atoms in total. The average Bonchev–Trinajstić information content (AvgIpc) is 2.76. The van der Waals surface area contributed by atoms with Gasteiger partial charge in [0.05, 0.1) is 11.4 Å². The topological polar surface area (TPSA) is 24.7 Å². The molecule has 0 saturated heterocycles. The number of benzene rings is 3. The zero-order valence-electron chi connectivity index (χ0n) is 15.3. The summed E-state index contributed by atoms with van der Waals surface area (Å²) in [6.45, 7) is 3.77. The Morgan fingerprint density at radius 3 is 2.39 bits per heavy atom. The minimum atomic E-state index is 0.210. The molecule has 1 aliphatic rings. The molecule has 28 heavy (non-hydrogen) atoms. The van der Waals surface area contributed by atoms with Crippen LogP contribution in [0, 0.1) is 0 Å². The molecule has 0 bridgehead atoms. The van der Waals surface area contributed by atoms with Crippen LogP contribution in [0.5, 0.6) is 0 Å². The molecule has 0 aromatic heterocycles. The third-order valence-corrected chi connectivity index (χ3v) is 4.93. The number of allylic oxidation sites excluding steroid dienone is 5. The maximum absolute atomic E-state index is 5.82. The molecule has 0 fully saturated rings. The summed E-state index contributed by atoms with van der Waals surface area (Å²) in [6, 6.07) is 23.5. The van der Waals surface area contributed by atoms with E-state index in [1.807, 2.05) is 24.3 Å². The summed E-state index contributed by atoms with van der Waals surface area (Å²) in [5.74, 6) is 0. The molecular formula is C25H19ClN2. The van der Waals surface area contributed by atoms with Crippen LogP contribution in [0.1, 0.15) is 5.56 Å². The molecule has 0 spiro atoms. The van der Waals surface area contributed by atoms with Gasteiger partial charge in [-0.05, 0) is 34.7 Å². The van der Waals surface area contributed by atoms with Crippen LogP contribution in [0.3, 0.4) is 0 Å². The summed E-state index contributed by atoms with van der Waals surface area (Å²) in [7, 11) is 0. The van der Waals surface area contributed by atoms with Crippen LogP contribution in [0.25, 0.3) is 27.6 Å². The molecule has 0 N–H and O–H groups in total. The summed E-state index contributed by atoms with van der Waals surface area (Å²) in [5.41, 5.74) is 5.93. The second-order valence-electron chi connectivity index (χ2n) is 6.41. The van der Waals surface area contributed by atoms with Gasteiger partial charge in [0.15, 0.2) is 0 Å². The Labute approximate surface area is 169 Å². The first-order chi connectivity index (χ1) is 13.8. The molecule has 1 aliphatic carbocycles. The van der Waals surface area contributed by atoms with Gasteiger partial charge in [-0.25, -0.2) is 0 Å². The van der Waals surface area contributed by atoms with Crippen LogP contribution in [0.2, 0.25) is 0 Å². The lowest BCUT2D eigenvalue weighted by molar-refractivity contribution is 1.35. The van der Waals surface area contributed by atoms with Crippen molar-refractivity contribution < 1.29 is 0 Å². The van der Waals surface area contributed by atoms with Gasteiger partial charge in [0, 0.05) is 11.1 Å². The van der Waals surface area contributed by atoms with Gasteiger partial charge < -0.3 is 0 Å². The number of fused-ring (bicyclic) bond motifs is 1. The molecule has 0 radical (unpaired) electrons. The van der Waals surface area contributed by atoms with Gasteiger partial charge >= 0.3 is 0 Å². The second kappa shape index (κ2) is 8.20. The minimum Gasteiger partial charge on any atom is -0.269 e. The van der Waals surface area contributed by atoms with Gasteiger partial charge in [0.25, 0.3) is 0 Å². The highest BCUT2D eigenvalue weighted by Crippen LogP contribution is 2.31. The molecule has 0 saturated carbocycles. The van der Waals surface area contributed by atoms with Crippen molar-refractivity contribution >= 4 is 40.5 Å². The van der Waals surface area contributed by atoms with Crippen LogP contribution in [0.15, 0.2) is 107 Å². The molecule has 0 unspecified atom stereocenters. The lowest BCUT2D eigenvalue weighted by Gasteiger charge is -2.13. The van der Waals surface area contributed by atoms with Gasteiger partial charge in [-0.2, -0.15) is 0 Å². The van der Waals surface area contributed by atoms with Gasteiger partial charge in [-0.1, -0.05) is 85.0 Å². The van der Waals surface area contributed by atoms with E-state index >= 15 is 0 Å². The largest absolute Gasteiger partial charge is 0.269 e. The normalized spacial score (nSPS) is 16.5. The minimum absolute atomic E-state index is 0.210. The Kier molecular flexibility index (Phi) is 5.31. The third-order valence-electron chi connectivity index (χ3n) is 4.81. The summed E-state index contributed by atoms with van der Waals surface area (Å²) in [6.07, 6.45) is 7.85. The zero-order valence-corrected chi connectivity index (χ0v) is 16.1. The maximum Gasteiger partial charge on any atom is 0.114 e. The highest BCUT2D eigenvalue weighted by Gasteiger charge is 2.12. The van der Waals surface area contributed by atoms with Gasteiger partial charge in [-0.15, -0.1) is 11.6 Å². The predicted molar refractivity (Wildman–Crippen MR) is 122 cm³/mol. The fourth-order valence-electron chi connectivity index (χ4n) is 3.49. The van der Waals surface area contributed by atoms with E-state index in [4.69, 9.17) is 11.6 Å². The summed E-state index contributed by atoms with van der Waals surface area (Å²) in [5, 5.41) is 2.48. The molecule has 3 heteroatoms. The van der Waals surface area contributed by atoms with E-state index in [0.29, 0.717) is 0 Å². The van der Waals surface area contributed by atoms with Crippen molar-refractivity contribution in [2.75, 3.05) is 6.00 Å². The standard InChI is InChI=1S/C25H19ClN2/c1-27-25(23-10-4-5-12-24(23)28-17-26)20-15-13-19(14-16-20)22-11-6-8-18-7-2-3-9-21(18)22/h2-16H,1,17H2/b25-23-,28-24-. The molecule has 0 amide bonds. The molecular weight excluding hydrogens is 364 g/mol. The van der Waals surface area contributed by atoms with Gasteiger partial charge in [0.2, 0.25) is 0 Å². The SMILES string of the molecule is C=N/C(=C1/C=CC=C/C1=N/CCl)c1ccc(-c2cccc3ccccc23)cc1. The fraction of sp³-hybridized carbons (Fsp3) is 0.0400. The van der Waals surface area contributed by atoms with Crippen molar-refractivity contribution in [1.82, 2.24) is 0 Å². The highest BCUT2D eigenvalue weighted by molar-refractivity contribution is 6.21. The van der Waals surface area contributed by atoms with Crippen molar-refractivity contribution in [3.05, 3.63) is 102 Å². The molecule has 4 rings (SSSR count). The highest BCUT2D eigenvalue weighted by atomic mass is 35.5. The lowest BCUT2D eigenvalue weighted by atomic mass is 9.95. The number of rotatable bonds is 4. The quantitative estimate of drug-likeness (QED) is 0.273. The Hall–Kier alpha value is -3.23. The van der Waals surface area contributed by atoms with Crippen LogP contribution in [0.4, 0.5) is 0 Å². The number of aliphatic imine (C=N–C) groups is 2. The molecule has 136 valence electrons. The lowest BCUT2D eigenvalue weighted by Crippen LogP contribution is -2.03. The van der Waals surface area contributed by atoms with Crippen molar-refractivity contribution in [2.45, 2.75) is 0 Å². The maximum atomic E-state index is 5.82. The number of nitrogens with zero attached hydrogens (tertiary/aromatic N) is 2. The van der Waals surface area contributed by atoms with E-state index < -0.39 is 0 Å². The number of halogens is 1. The predicted octanol–water partition coefficient (Wildman–Crippen LogP) is 6.68. The summed E-state index contributed by atoms with van der Waals surface area (Å²) < 4.78 is 0. The van der Waals surface area contributed by atoms with E-state index in [-0.39, 0.29) is 6.00 Å². The Balaban J connectivity index is 1.78. The second-order valence-corrected chi connectivity index (χ2v) is 6.64. The van der Waals surface area contributed by atoms with Crippen molar-refractivity contribution in [3.63, 3.8) is 0 Å². The van der Waals surface area contributed by atoms with E-state index in [0.717, 1.165) is 22.5 Å². The smallest absolute Gasteiger partial charge is 0.114 e. The fourth-order valence-corrected chi connectivity index (χ4v) is 3.62. The molecule has 0 aliphatic heterocycles. The van der Waals surface area contributed by atoms with Gasteiger partial charge in [-0.3, -0.25) is 9.98 Å². The zero-order chi connectivity index (χ0) is 19.3. The number of alkyl halides is 1.